The topological polar surface area (TPSA) is 29.1 Å². The van der Waals surface area contributed by atoms with Gasteiger partial charge in [-0.2, -0.15) is 0 Å². The SMILES string of the molecule is CSc1ccc(NC(=O)[C@@H](C)Cl)cc1. The predicted octanol–water partition coefficient (Wildman–Crippen LogP) is 2.97. The molecule has 1 aromatic rings. The maximum absolute atomic E-state index is 11.2. The number of hydrogen-bond donors (Lipinski definition) is 1. The second-order valence-corrected chi connectivity index (χ2v) is 4.37. The number of carbonyl (C=O) groups is 1. The molecule has 4 heteroatoms. The molecule has 1 rings (SSSR count). The Bertz CT molecular complexity index is 310. The zero-order chi connectivity index (χ0) is 10.6. The number of anilines is 1. The van der Waals surface area contributed by atoms with E-state index < -0.39 is 5.38 Å². The number of nitrogens with one attached hydrogen (secondary N) is 1. The lowest BCUT2D eigenvalue weighted by molar-refractivity contribution is -0.115. The van der Waals surface area contributed by atoms with E-state index >= 15 is 0 Å². The quantitative estimate of drug-likeness (QED) is 0.638. The summed E-state index contributed by atoms with van der Waals surface area (Å²) in [4.78, 5) is 12.4. The largest absolute Gasteiger partial charge is 0.325 e. The van der Waals surface area contributed by atoms with Crippen LogP contribution in [-0.4, -0.2) is 17.5 Å². The molecular weight excluding hydrogens is 218 g/mol. The third kappa shape index (κ3) is 3.24. The van der Waals surface area contributed by atoms with Gasteiger partial charge < -0.3 is 5.32 Å². The van der Waals surface area contributed by atoms with Crippen LogP contribution in [0.25, 0.3) is 0 Å². The van der Waals surface area contributed by atoms with E-state index in [-0.39, 0.29) is 5.91 Å². The first-order valence-electron chi connectivity index (χ1n) is 4.22. The van der Waals surface area contributed by atoms with Crippen LogP contribution in [0.5, 0.6) is 0 Å². The minimum atomic E-state index is -0.504. The van der Waals surface area contributed by atoms with Crippen molar-refractivity contribution in [2.45, 2.75) is 17.2 Å². The lowest BCUT2D eigenvalue weighted by Gasteiger charge is -2.06. The molecule has 0 unspecified atom stereocenters. The lowest BCUT2D eigenvalue weighted by Crippen LogP contribution is -2.20. The van der Waals surface area contributed by atoms with Gasteiger partial charge in [-0.25, -0.2) is 0 Å². The second-order valence-electron chi connectivity index (χ2n) is 2.83. The van der Waals surface area contributed by atoms with Gasteiger partial charge in [0.25, 0.3) is 0 Å². The molecule has 0 bridgehead atoms. The highest BCUT2D eigenvalue weighted by Gasteiger charge is 2.08. The van der Waals surface area contributed by atoms with Crippen molar-refractivity contribution < 1.29 is 4.79 Å². The molecule has 0 aliphatic carbocycles. The number of hydrogen-bond acceptors (Lipinski definition) is 2. The van der Waals surface area contributed by atoms with Gasteiger partial charge in [-0.05, 0) is 37.4 Å². The van der Waals surface area contributed by atoms with Crippen LogP contribution in [0.15, 0.2) is 29.2 Å². The first-order chi connectivity index (χ1) is 6.63. The average molecular weight is 230 g/mol. The molecule has 76 valence electrons. The summed E-state index contributed by atoms with van der Waals surface area (Å²) in [5.41, 5.74) is 0.778. The van der Waals surface area contributed by atoms with Crippen molar-refractivity contribution in [2.24, 2.45) is 0 Å². The molecule has 0 radical (unpaired) electrons. The molecule has 14 heavy (non-hydrogen) atoms. The number of alkyl halides is 1. The highest BCUT2D eigenvalue weighted by atomic mass is 35.5. The summed E-state index contributed by atoms with van der Waals surface area (Å²) in [5.74, 6) is -0.177. The van der Waals surface area contributed by atoms with Crippen LogP contribution < -0.4 is 5.32 Å². The number of amides is 1. The Balaban J connectivity index is 2.64. The zero-order valence-corrected chi connectivity index (χ0v) is 9.65. The minimum Gasteiger partial charge on any atom is -0.325 e. The van der Waals surface area contributed by atoms with Gasteiger partial charge in [0.1, 0.15) is 5.38 Å². The third-order valence-corrected chi connectivity index (χ3v) is 2.66. The molecule has 0 aromatic heterocycles. The molecule has 0 aliphatic heterocycles. The van der Waals surface area contributed by atoms with Gasteiger partial charge in [-0.15, -0.1) is 23.4 Å². The fraction of sp³-hybridized carbons (Fsp3) is 0.300. The van der Waals surface area contributed by atoms with Crippen molar-refractivity contribution >= 4 is 35.0 Å². The van der Waals surface area contributed by atoms with Crippen LogP contribution in [0.4, 0.5) is 5.69 Å². The molecule has 1 aromatic carbocycles. The number of carbonyl (C=O) groups excluding carboxylic acids is 1. The minimum absolute atomic E-state index is 0.177. The van der Waals surface area contributed by atoms with Crippen LogP contribution in [0.1, 0.15) is 6.92 Å². The first kappa shape index (κ1) is 11.4. The van der Waals surface area contributed by atoms with E-state index in [0.29, 0.717) is 0 Å². The van der Waals surface area contributed by atoms with E-state index in [4.69, 9.17) is 11.6 Å². The van der Waals surface area contributed by atoms with Gasteiger partial charge in [-0.3, -0.25) is 4.79 Å². The summed E-state index contributed by atoms with van der Waals surface area (Å²) < 4.78 is 0. The van der Waals surface area contributed by atoms with Gasteiger partial charge in [0, 0.05) is 10.6 Å². The van der Waals surface area contributed by atoms with Gasteiger partial charge in [0.05, 0.1) is 0 Å². The van der Waals surface area contributed by atoms with Crippen LogP contribution in [-0.2, 0) is 4.79 Å². The van der Waals surface area contributed by atoms with Gasteiger partial charge in [0.15, 0.2) is 0 Å². The van der Waals surface area contributed by atoms with E-state index in [1.54, 1.807) is 18.7 Å². The Morgan fingerprint density at radius 1 is 1.43 bits per heavy atom. The fourth-order valence-electron chi connectivity index (χ4n) is 0.916. The van der Waals surface area contributed by atoms with Crippen molar-refractivity contribution in [1.29, 1.82) is 0 Å². The van der Waals surface area contributed by atoms with Crippen LogP contribution in [0.2, 0.25) is 0 Å². The predicted molar refractivity (Wildman–Crippen MR) is 62.2 cm³/mol. The maximum Gasteiger partial charge on any atom is 0.242 e. The smallest absolute Gasteiger partial charge is 0.242 e. The first-order valence-corrected chi connectivity index (χ1v) is 5.88. The van der Waals surface area contributed by atoms with Gasteiger partial charge >= 0.3 is 0 Å². The van der Waals surface area contributed by atoms with E-state index in [2.05, 4.69) is 5.32 Å². The summed E-state index contributed by atoms with van der Waals surface area (Å²) in [7, 11) is 0. The summed E-state index contributed by atoms with van der Waals surface area (Å²) in [5, 5.41) is 2.21. The van der Waals surface area contributed by atoms with Gasteiger partial charge in [-0.1, -0.05) is 0 Å². The van der Waals surface area contributed by atoms with Crippen LogP contribution in [0.3, 0.4) is 0 Å². The van der Waals surface area contributed by atoms with E-state index in [9.17, 15) is 4.79 Å². The Morgan fingerprint density at radius 3 is 2.43 bits per heavy atom. The van der Waals surface area contributed by atoms with Crippen LogP contribution in [0, 0.1) is 0 Å². The molecule has 0 saturated heterocycles. The highest BCUT2D eigenvalue weighted by molar-refractivity contribution is 7.98. The molecule has 0 heterocycles. The van der Waals surface area contributed by atoms with E-state index in [1.165, 1.54) is 4.90 Å². The van der Waals surface area contributed by atoms with E-state index in [1.807, 2.05) is 30.5 Å². The molecule has 0 fully saturated rings. The van der Waals surface area contributed by atoms with E-state index in [0.717, 1.165) is 5.69 Å². The molecule has 1 amide bonds. The van der Waals surface area contributed by atoms with Gasteiger partial charge in [0.2, 0.25) is 5.91 Å². The molecular formula is C10H12ClNOS. The number of halogens is 1. The molecule has 1 atom stereocenters. The maximum atomic E-state index is 11.2. The molecule has 2 nitrogen and oxygen atoms in total. The lowest BCUT2D eigenvalue weighted by atomic mass is 10.3. The summed E-state index contributed by atoms with van der Waals surface area (Å²) >= 11 is 7.28. The second kappa shape index (κ2) is 5.27. The normalized spacial score (nSPS) is 12.2. The van der Waals surface area contributed by atoms with Crippen molar-refractivity contribution in [2.75, 3.05) is 11.6 Å². The number of thioether (sulfide) groups is 1. The fourth-order valence-corrected chi connectivity index (χ4v) is 1.38. The Labute approximate surface area is 93.0 Å². The van der Waals surface area contributed by atoms with Crippen LogP contribution >= 0.6 is 23.4 Å². The zero-order valence-electron chi connectivity index (χ0n) is 8.08. The number of rotatable bonds is 3. The third-order valence-electron chi connectivity index (χ3n) is 1.72. The average Bonchev–Trinajstić information content (AvgIpc) is 2.19. The summed E-state index contributed by atoms with van der Waals surface area (Å²) in [6, 6.07) is 7.64. The summed E-state index contributed by atoms with van der Waals surface area (Å²) in [6.45, 7) is 1.65. The molecule has 0 spiro atoms. The molecule has 0 aliphatic rings. The molecule has 0 saturated carbocycles. The Hall–Kier alpha value is -0.670. The highest BCUT2D eigenvalue weighted by Crippen LogP contribution is 2.17. The monoisotopic (exact) mass is 229 g/mol. The molecule has 1 N–H and O–H groups in total. The summed E-state index contributed by atoms with van der Waals surface area (Å²) in [6.07, 6.45) is 2.01. The number of benzene rings is 1. The van der Waals surface area contributed by atoms with Crippen molar-refractivity contribution in [3.8, 4) is 0 Å². The van der Waals surface area contributed by atoms with Crippen molar-refractivity contribution in [3.63, 3.8) is 0 Å². The Morgan fingerprint density at radius 2 is 2.00 bits per heavy atom. The van der Waals surface area contributed by atoms with Crippen molar-refractivity contribution in [3.05, 3.63) is 24.3 Å². The Kier molecular flexibility index (Phi) is 4.29. The van der Waals surface area contributed by atoms with Crippen molar-refractivity contribution in [1.82, 2.24) is 0 Å². The standard InChI is InChI=1S/C10H12ClNOS/c1-7(11)10(13)12-8-3-5-9(14-2)6-4-8/h3-7H,1-2H3,(H,12,13)/t7-/m1/s1.